The first-order valence-corrected chi connectivity index (χ1v) is 8.90. The highest BCUT2D eigenvalue weighted by molar-refractivity contribution is 5.99. The van der Waals surface area contributed by atoms with Crippen LogP contribution in [0, 0.1) is 5.82 Å². The number of piperidine rings is 1. The minimum absolute atomic E-state index is 0.126. The highest BCUT2D eigenvalue weighted by atomic mass is 19.1. The number of nitrogen functional groups attached to an aromatic ring is 1. The van der Waals surface area contributed by atoms with Gasteiger partial charge in [-0.2, -0.15) is 0 Å². The summed E-state index contributed by atoms with van der Waals surface area (Å²) in [6, 6.07) is 3.94. The smallest absolute Gasteiger partial charge is 0.255 e. The lowest BCUT2D eigenvalue weighted by atomic mass is 9.95. The molecule has 2 aliphatic rings. The zero-order chi connectivity index (χ0) is 17.4. The molecule has 0 bridgehead atoms. The minimum Gasteiger partial charge on any atom is -0.398 e. The fourth-order valence-electron chi connectivity index (χ4n) is 3.87. The lowest BCUT2D eigenvalue weighted by Crippen LogP contribution is -2.38. The normalized spacial score (nSPS) is 18.2. The first-order chi connectivity index (χ1) is 12.1. The third-order valence-electron chi connectivity index (χ3n) is 5.28. The molecule has 0 spiro atoms. The van der Waals surface area contributed by atoms with Crippen molar-refractivity contribution in [3.63, 3.8) is 0 Å². The number of halogens is 1. The Hall–Kier alpha value is -2.44. The number of carbonyl (C=O) groups excluding carboxylic acids is 1. The number of nitrogens with zero attached hydrogens (tertiary/aromatic N) is 4. The van der Waals surface area contributed by atoms with Crippen LogP contribution in [0.2, 0.25) is 0 Å². The monoisotopic (exact) mass is 343 g/mol. The van der Waals surface area contributed by atoms with Gasteiger partial charge in [-0.1, -0.05) is 0 Å². The number of hydrogen-bond donors (Lipinski definition) is 1. The zero-order valence-electron chi connectivity index (χ0n) is 14.1. The number of anilines is 1. The molecule has 0 aliphatic carbocycles. The van der Waals surface area contributed by atoms with Gasteiger partial charge in [-0.25, -0.2) is 4.39 Å². The van der Waals surface area contributed by atoms with Crippen molar-refractivity contribution < 1.29 is 9.18 Å². The van der Waals surface area contributed by atoms with Gasteiger partial charge in [0.25, 0.3) is 5.91 Å². The topological polar surface area (TPSA) is 77.0 Å². The number of amides is 1. The van der Waals surface area contributed by atoms with Gasteiger partial charge in [-0.15, -0.1) is 10.2 Å². The van der Waals surface area contributed by atoms with Crippen LogP contribution in [0.15, 0.2) is 18.2 Å². The maximum absolute atomic E-state index is 13.2. The molecule has 2 aromatic rings. The van der Waals surface area contributed by atoms with Crippen LogP contribution in [-0.4, -0.2) is 38.7 Å². The van der Waals surface area contributed by atoms with Crippen LogP contribution in [0.25, 0.3) is 0 Å². The largest absolute Gasteiger partial charge is 0.398 e. The number of fused-ring (bicyclic) bond motifs is 1. The van der Waals surface area contributed by atoms with E-state index in [-0.39, 0.29) is 11.6 Å². The summed E-state index contributed by atoms with van der Waals surface area (Å²) in [5.74, 6) is 1.96. The van der Waals surface area contributed by atoms with E-state index in [2.05, 4.69) is 14.8 Å². The summed E-state index contributed by atoms with van der Waals surface area (Å²) in [5, 5.41) is 8.76. The Labute approximate surface area is 145 Å². The molecule has 1 fully saturated rings. The molecule has 4 rings (SSSR count). The number of hydrogen-bond acceptors (Lipinski definition) is 4. The minimum atomic E-state index is -0.427. The SMILES string of the molecule is Nc1cc(F)ccc1C(=O)N1CCC(c2nnc3n2CCCC3)CC1. The van der Waals surface area contributed by atoms with E-state index >= 15 is 0 Å². The standard InChI is InChI=1S/C18H22FN5O/c19-13-4-5-14(15(20)11-13)18(25)23-9-6-12(7-10-23)17-22-21-16-3-1-2-8-24(16)17/h4-5,11-12H,1-3,6-10,20H2. The van der Waals surface area contributed by atoms with Crippen LogP contribution in [0.3, 0.4) is 0 Å². The number of carbonyl (C=O) groups is 1. The number of aryl methyl sites for hydroxylation is 1. The second-order valence-electron chi connectivity index (χ2n) is 6.88. The summed E-state index contributed by atoms with van der Waals surface area (Å²) in [4.78, 5) is 14.4. The van der Waals surface area contributed by atoms with Gasteiger partial charge in [0.2, 0.25) is 0 Å². The van der Waals surface area contributed by atoms with Crippen molar-refractivity contribution >= 4 is 11.6 Å². The maximum Gasteiger partial charge on any atom is 0.255 e. The van der Waals surface area contributed by atoms with Gasteiger partial charge in [-0.3, -0.25) is 4.79 Å². The van der Waals surface area contributed by atoms with Crippen molar-refractivity contribution in [2.24, 2.45) is 0 Å². The van der Waals surface area contributed by atoms with E-state index in [0.29, 0.717) is 24.6 Å². The maximum atomic E-state index is 13.2. The number of benzene rings is 1. The van der Waals surface area contributed by atoms with Crippen molar-refractivity contribution in [1.29, 1.82) is 0 Å². The molecule has 1 saturated heterocycles. The van der Waals surface area contributed by atoms with Crippen molar-refractivity contribution in [2.75, 3.05) is 18.8 Å². The number of aromatic nitrogens is 3. The second-order valence-corrected chi connectivity index (χ2v) is 6.88. The fraction of sp³-hybridized carbons (Fsp3) is 0.500. The Morgan fingerprint density at radius 3 is 2.72 bits per heavy atom. The number of rotatable bonds is 2. The molecule has 0 atom stereocenters. The Morgan fingerprint density at radius 2 is 1.96 bits per heavy atom. The van der Waals surface area contributed by atoms with Gasteiger partial charge in [0.05, 0.1) is 5.56 Å². The summed E-state index contributed by atoms with van der Waals surface area (Å²) in [7, 11) is 0. The molecule has 7 heteroatoms. The van der Waals surface area contributed by atoms with E-state index in [0.717, 1.165) is 37.5 Å². The van der Waals surface area contributed by atoms with Gasteiger partial charge in [0.1, 0.15) is 17.5 Å². The highest BCUT2D eigenvalue weighted by Crippen LogP contribution is 2.30. The Morgan fingerprint density at radius 1 is 1.16 bits per heavy atom. The van der Waals surface area contributed by atoms with Gasteiger partial charge in [0, 0.05) is 37.7 Å². The van der Waals surface area contributed by atoms with E-state index in [1.54, 1.807) is 4.90 Å². The molecule has 3 heterocycles. The molecule has 1 aromatic carbocycles. The van der Waals surface area contributed by atoms with Crippen LogP contribution >= 0.6 is 0 Å². The molecular weight excluding hydrogens is 321 g/mol. The van der Waals surface area contributed by atoms with Crippen LogP contribution < -0.4 is 5.73 Å². The molecule has 2 N–H and O–H groups in total. The third-order valence-corrected chi connectivity index (χ3v) is 5.28. The molecule has 0 unspecified atom stereocenters. The lowest BCUT2D eigenvalue weighted by Gasteiger charge is -2.32. The first kappa shape index (κ1) is 16.1. The summed E-state index contributed by atoms with van der Waals surface area (Å²) < 4.78 is 15.4. The lowest BCUT2D eigenvalue weighted by molar-refractivity contribution is 0.0711. The fourth-order valence-corrected chi connectivity index (χ4v) is 3.87. The van der Waals surface area contributed by atoms with Gasteiger partial charge < -0.3 is 15.2 Å². The molecular formula is C18H22FN5O. The third kappa shape index (κ3) is 2.99. The summed E-state index contributed by atoms with van der Waals surface area (Å²) in [6.45, 7) is 2.31. The molecule has 1 amide bonds. The van der Waals surface area contributed by atoms with Gasteiger partial charge >= 0.3 is 0 Å². The Bertz CT molecular complexity index is 795. The van der Waals surface area contributed by atoms with Crippen LogP contribution in [0.5, 0.6) is 0 Å². The van der Waals surface area contributed by atoms with Crippen molar-refractivity contribution in [3.8, 4) is 0 Å². The summed E-state index contributed by atoms with van der Waals surface area (Å²) in [5.41, 5.74) is 6.37. The molecule has 6 nitrogen and oxygen atoms in total. The average Bonchev–Trinajstić information content (AvgIpc) is 3.05. The predicted molar refractivity (Wildman–Crippen MR) is 91.7 cm³/mol. The molecule has 132 valence electrons. The predicted octanol–water partition coefficient (Wildman–Crippen LogP) is 2.36. The van der Waals surface area contributed by atoms with E-state index in [4.69, 9.17) is 5.73 Å². The zero-order valence-corrected chi connectivity index (χ0v) is 14.1. The van der Waals surface area contributed by atoms with Crippen molar-refractivity contribution in [1.82, 2.24) is 19.7 Å². The first-order valence-electron chi connectivity index (χ1n) is 8.90. The average molecular weight is 343 g/mol. The van der Waals surface area contributed by atoms with E-state index in [1.807, 2.05) is 0 Å². The highest BCUT2D eigenvalue weighted by Gasteiger charge is 2.29. The number of likely N-dealkylation sites (tertiary alicyclic amines) is 1. The summed E-state index contributed by atoms with van der Waals surface area (Å²) >= 11 is 0. The Kier molecular flexibility index (Phi) is 4.15. The quantitative estimate of drug-likeness (QED) is 0.849. The molecule has 1 aromatic heterocycles. The van der Waals surface area contributed by atoms with Crippen molar-refractivity contribution in [2.45, 2.75) is 44.6 Å². The molecule has 0 radical (unpaired) electrons. The van der Waals surface area contributed by atoms with E-state index in [9.17, 15) is 9.18 Å². The van der Waals surface area contributed by atoms with Crippen LogP contribution in [0.4, 0.5) is 10.1 Å². The van der Waals surface area contributed by atoms with Gasteiger partial charge in [0.15, 0.2) is 0 Å². The second kappa shape index (κ2) is 6.46. The summed E-state index contributed by atoms with van der Waals surface area (Å²) in [6.07, 6.45) is 5.10. The molecule has 0 saturated carbocycles. The molecule has 2 aliphatic heterocycles. The van der Waals surface area contributed by atoms with E-state index in [1.165, 1.54) is 31.0 Å². The van der Waals surface area contributed by atoms with Crippen LogP contribution in [-0.2, 0) is 13.0 Å². The Balaban J connectivity index is 1.44. The molecule has 25 heavy (non-hydrogen) atoms. The van der Waals surface area contributed by atoms with Crippen molar-refractivity contribution in [3.05, 3.63) is 41.2 Å². The number of nitrogens with two attached hydrogens (primary N) is 1. The van der Waals surface area contributed by atoms with Crippen LogP contribution in [0.1, 0.15) is 53.6 Å². The van der Waals surface area contributed by atoms with Gasteiger partial charge in [-0.05, 0) is 43.9 Å². The van der Waals surface area contributed by atoms with E-state index < -0.39 is 5.82 Å².